The number of pyridine rings is 1. The van der Waals surface area contributed by atoms with Crippen molar-refractivity contribution in [1.82, 2.24) is 25.0 Å². The van der Waals surface area contributed by atoms with E-state index in [0.717, 1.165) is 25.7 Å². The molecular weight excluding hydrogens is 531 g/mol. The Hall–Kier alpha value is -4.08. The SMILES string of the molecule is CN1C2CCC1CC(NC(=O)c1cc(NC(=O)c3cc(-c4ncccc4F)ccc3Cl)n(-c3ccccc3)n1)C2. The number of hydrogen-bond acceptors (Lipinski definition) is 5. The summed E-state index contributed by atoms with van der Waals surface area (Å²) in [6.07, 6.45) is 5.61. The van der Waals surface area contributed by atoms with Crippen LogP contribution in [0.4, 0.5) is 10.2 Å². The molecule has 8 nitrogen and oxygen atoms in total. The van der Waals surface area contributed by atoms with Crippen LogP contribution >= 0.6 is 11.6 Å². The van der Waals surface area contributed by atoms with Crippen molar-refractivity contribution in [3.63, 3.8) is 0 Å². The minimum Gasteiger partial charge on any atom is -0.348 e. The second-order valence-electron chi connectivity index (χ2n) is 10.3. The molecule has 0 aliphatic carbocycles. The predicted molar refractivity (Wildman–Crippen MR) is 151 cm³/mol. The predicted octanol–water partition coefficient (Wildman–Crippen LogP) is 5.33. The Morgan fingerprint density at radius 1 is 0.975 bits per heavy atom. The molecule has 2 aromatic heterocycles. The van der Waals surface area contributed by atoms with Gasteiger partial charge in [0.15, 0.2) is 5.69 Å². The molecule has 2 N–H and O–H groups in total. The molecular formula is C30H28ClFN6O2. The highest BCUT2D eigenvalue weighted by Gasteiger charge is 2.39. The zero-order chi connectivity index (χ0) is 27.8. The fraction of sp³-hybridized carbons (Fsp3) is 0.267. The summed E-state index contributed by atoms with van der Waals surface area (Å²) < 4.78 is 15.9. The van der Waals surface area contributed by atoms with Gasteiger partial charge in [0.05, 0.1) is 16.3 Å². The van der Waals surface area contributed by atoms with Crippen LogP contribution in [0.1, 0.15) is 46.5 Å². The van der Waals surface area contributed by atoms with Gasteiger partial charge in [-0.1, -0.05) is 35.9 Å². The lowest BCUT2D eigenvalue weighted by Crippen LogP contribution is -2.48. The molecule has 4 heterocycles. The third kappa shape index (κ3) is 5.10. The van der Waals surface area contributed by atoms with Gasteiger partial charge < -0.3 is 15.5 Å². The zero-order valence-corrected chi connectivity index (χ0v) is 22.6. The minimum atomic E-state index is -0.529. The van der Waals surface area contributed by atoms with E-state index in [9.17, 15) is 14.0 Å². The van der Waals surface area contributed by atoms with Gasteiger partial charge in [0.1, 0.15) is 17.3 Å². The molecule has 10 heteroatoms. The first-order chi connectivity index (χ1) is 19.4. The minimum absolute atomic E-state index is 0.0784. The number of halogens is 2. The average molecular weight is 559 g/mol. The van der Waals surface area contributed by atoms with Crippen molar-refractivity contribution >= 4 is 29.2 Å². The van der Waals surface area contributed by atoms with Gasteiger partial charge in [-0.2, -0.15) is 5.10 Å². The van der Waals surface area contributed by atoms with Crippen LogP contribution in [0.15, 0.2) is 72.9 Å². The molecule has 2 fully saturated rings. The van der Waals surface area contributed by atoms with Crippen molar-refractivity contribution in [1.29, 1.82) is 0 Å². The summed E-state index contributed by atoms with van der Waals surface area (Å²) in [5.74, 6) is -1.02. The Labute approximate surface area is 236 Å². The highest BCUT2D eigenvalue weighted by atomic mass is 35.5. The van der Waals surface area contributed by atoms with Gasteiger partial charge in [-0.15, -0.1) is 0 Å². The molecule has 2 aliphatic rings. The van der Waals surface area contributed by atoms with E-state index in [4.69, 9.17) is 11.6 Å². The lowest BCUT2D eigenvalue weighted by molar-refractivity contribution is 0.0876. The van der Waals surface area contributed by atoms with Crippen LogP contribution in [-0.4, -0.2) is 56.7 Å². The van der Waals surface area contributed by atoms with Gasteiger partial charge in [-0.05, 0) is 69.1 Å². The number of carbonyl (C=O) groups is 2. The maximum Gasteiger partial charge on any atom is 0.272 e. The number of para-hydroxylation sites is 1. The number of piperidine rings is 1. The van der Waals surface area contributed by atoms with Crippen molar-refractivity contribution in [3.05, 3.63) is 95.0 Å². The fourth-order valence-corrected chi connectivity index (χ4v) is 5.97. The quantitative estimate of drug-likeness (QED) is 0.333. The monoisotopic (exact) mass is 558 g/mol. The molecule has 2 atom stereocenters. The second kappa shape index (κ2) is 10.8. The molecule has 2 saturated heterocycles. The Morgan fingerprint density at radius 3 is 2.45 bits per heavy atom. The number of nitrogens with one attached hydrogen (secondary N) is 2. The second-order valence-corrected chi connectivity index (χ2v) is 10.7. The van der Waals surface area contributed by atoms with Crippen molar-refractivity contribution in [2.45, 2.75) is 43.8 Å². The van der Waals surface area contributed by atoms with Crippen LogP contribution in [0.5, 0.6) is 0 Å². The Bertz CT molecular complexity index is 1560. The summed E-state index contributed by atoms with van der Waals surface area (Å²) >= 11 is 6.38. The van der Waals surface area contributed by atoms with E-state index in [1.807, 2.05) is 30.3 Å². The van der Waals surface area contributed by atoms with E-state index in [-0.39, 0.29) is 33.9 Å². The van der Waals surface area contributed by atoms with Crippen molar-refractivity contribution in [2.75, 3.05) is 12.4 Å². The van der Waals surface area contributed by atoms with Crippen molar-refractivity contribution in [2.24, 2.45) is 0 Å². The highest BCUT2D eigenvalue weighted by Crippen LogP contribution is 2.34. The summed E-state index contributed by atoms with van der Waals surface area (Å²) in [4.78, 5) is 33.2. The fourth-order valence-electron chi connectivity index (χ4n) is 5.76. The molecule has 6 rings (SSSR count). The normalized spacial score (nSPS) is 20.3. The number of anilines is 1. The molecule has 40 heavy (non-hydrogen) atoms. The smallest absolute Gasteiger partial charge is 0.272 e. The molecule has 2 aliphatic heterocycles. The van der Waals surface area contributed by atoms with E-state index in [1.165, 1.54) is 35.1 Å². The lowest BCUT2D eigenvalue weighted by atomic mass is 9.98. The van der Waals surface area contributed by atoms with E-state index in [1.54, 1.807) is 12.1 Å². The first-order valence-electron chi connectivity index (χ1n) is 13.3. The maximum absolute atomic E-state index is 14.4. The number of nitrogens with zero attached hydrogens (tertiary/aromatic N) is 4. The Morgan fingerprint density at radius 2 is 1.73 bits per heavy atom. The van der Waals surface area contributed by atoms with Gasteiger partial charge in [0.25, 0.3) is 11.8 Å². The number of fused-ring (bicyclic) bond motifs is 2. The number of aromatic nitrogens is 3. The molecule has 0 radical (unpaired) electrons. The van der Waals surface area contributed by atoms with E-state index < -0.39 is 11.7 Å². The summed E-state index contributed by atoms with van der Waals surface area (Å²) in [6.45, 7) is 0. The number of rotatable bonds is 6. The third-order valence-electron chi connectivity index (χ3n) is 7.86. The molecule has 2 amide bonds. The summed E-state index contributed by atoms with van der Waals surface area (Å²) in [7, 11) is 2.16. The highest BCUT2D eigenvalue weighted by molar-refractivity contribution is 6.34. The Balaban J connectivity index is 1.27. The van der Waals surface area contributed by atoms with Crippen molar-refractivity contribution < 1.29 is 14.0 Å². The first-order valence-corrected chi connectivity index (χ1v) is 13.6. The lowest BCUT2D eigenvalue weighted by Gasteiger charge is -2.36. The van der Waals surface area contributed by atoms with Crippen LogP contribution in [0.3, 0.4) is 0 Å². The summed E-state index contributed by atoms with van der Waals surface area (Å²) in [6, 6.07) is 19.3. The van der Waals surface area contributed by atoms with Gasteiger partial charge in [-0.25, -0.2) is 9.07 Å². The van der Waals surface area contributed by atoms with E-state index in [0.29, 0.717) is 29.2 Å². The van der Waals surface area contributed by atoms with E-state index >= 15 is 0 Å². The largest absolute Gasteiger partial charge is 0.348 e. The van der Waals surface area contributed by atoms with Crippen LogP contribution in [0.2, 0.25) is 5.02 Å². The number of benzene rings is 2. The number of carbonyl (C=O) groups excluding carboxylic acids is 2. The van der Waals surface area contributed by atoms with Crippen LogP contribution in [0, 0.1) is 5.82 Å². The van der Waals surface area contributed by atoms with Crippen LogP contribution in [-0.2, 0) is 0 Å². The van der Waals surface area contributed by atoms with E-state index in [2.05, 4.69) is 32.7 Å². The van der Waals surface area contributed by atoms with Crippen molar-refractivity contribution in [3.8, 4) is 16.9 Å². The van der Waals surface area contributed by atoms with Gasteiger partial charge in [0.2, 0.25) is 0 Å². The summed E-state index contributed by atoms with van der Waals surface area (Å²) in [5.41, 5.74) is 1.53. The maximum atomic E-state index is 14.4. The number of amides is 2. The topological polar surface area (TPSA) is 92.2 Å². The molecule has 2 bridgehead atoms. The molecule has 2 unspecified atom stereocenters. The third-order valence-corrected chi connectivity index (χ3v) is 8.19. The molecule has 0 spiro atoms. The Kier molecular flexibility index (Phi) is 7.08. The molecule has 204 valence electrons. The van der Waals surface area contributed by atoms with Crippen LogP contribution in [0.25, 0.3) is 16.9 Å². The standard InChI is InChI=1S/C30H28ClFN6O2/c1-37-21-10-11-22(37)16-19(15-21)34-30(40)26-17-27(38(36-26)20-6-3-2-4-7-20)35-29(39)23-14-18(9-12-24(23)31)28-25(32)8-5-13-33-28/h2-9,12-14,17,19,21-22H,10-11,15-16H2,1H3,(H,34,40)(H,35,39). The average Bonchev–Trinajstić information content (AvgIpc) is 3.45. The molecule has 2 aromatic carbocycles. The number of hydrogen-bond donors (Lipinski definition) is 2. The molecule has 0 saturated carbocycles. The van der Waals surface area contributed by atoms with Gasteiger partial charge in [0, 0.05) is 36.0 Å². The van der Waals surface area contributed by atoms with Gasteiger partial charge >= 0.3 is 0 Å². The van der Waals surface area contributed by atoms with Gasteiger partial charge in [-0.3, -0.25) is 14.6 Å². The molecule has 4 aromatic rings. The van der Waals surface area contributed by atoms with Crippen LogP contribution < -0.4 is 10.6 Å². The first kappa shape index (κ1) is 26.2. The zero-order valence-electron chi connectivity index (χ0n) is 21.8. The summed E-state index contributed by atoms with van der Waals surface area (Å²) in [5, 5.41) is 10.7.